The second kappa shape index (κ2) is 7.96. The van der Waals surface area contributed by atoms with Crippen molar-refractivity contribution in [1.29, 1.82) is 0 Å². The summed E-state index contributed by atoms with van der Waals surface area (Å²) in [6.07, 6.45) is 2.78. The molecule has 0 fully saturated rings. The van der Waals surface area contributed by atoms with Crippen molar-refractivity contribution in [3.63, 3.8) is 0 Å². The summed E-state index contributed by atoms with van der Waals surface area (Å²) in [4.78, 5) is 15.5. The van der Waals surface area contributed by atoms with E-state index in [0.29, 0.717) is 0 Å². The molecular weight excluding hydrogens is 210 g/mol. The number of carbonyl (C=O) groups excluding carboxylic acids is 1. The van der Waals surface area contributed by atoms with Crippen LogP contribution in [0.3, 0.4) is 0 Å². The summed E-state index contributed by atoms with van der Waals surface area (Å²) in [5.74, 6) is 0.986. The number of nitrogens with two attached hydrogens (primary N) is 1. The molecule has 0 aliphatic heterocycles. The van der Waals surface area contributed by atoms with Gasteiger partial charge >= 0.3 is 0 Å². The Morgan fingerprint density at radius 3 is 2.40 bits per heavy atom. The van der Waals surface area contributed by atoms with Gasteiger partial charge in [-0.2, -0.15) is 11.8 Å². The molecule has 90 valence electrons. The van der Waals surface area contributed by atoms with Crippen molar-refractivity contribution in [3.8, 4) is 0 Å². The van der Waals surface area contributed by atoms with Crippen LogP contribution in [0.25, 0.3) is 0 Å². The number of likely N-dealkylation sites (N-methyl/N-ethyl adjacent to an activating group) is 2. The lowest BCUT2D eigenvalue weighted by Gasteiger charge is -2.22. The first-order valence-corrected chi connectivity index (χ1v) is 6.52. The minimum Gasteiger partial charge on any atom is -0.343 e. The van der Waals surface area contributed by atoms with Gasteiger partial charge in [-0.1, -0.05) is 0 Å². The average Bonchev–Trinajstić information content (AvgIpc) is 2.21. The van der Waals surface area contributed by atoms with Crippen molar-refractivity contribution in [1.82, 2.24) is 9.80 Å². The molecule has 0 aromatic rings. The molecule has 0 aromatic heterocycles. The monoisotopic (exact) mass is 233 g/mol. The van der Waals surface area contributed by atoms with Gasteiger partial charge in [-0.15, -0.1) is 0 Å². The largest absolute Gasteiger partial charge is 0.343 e. The fourth-order valence-electron chi connectivity index (χ4n) is 1.11. The molecule has 0 rings (SSSR count). The minimum absolute atomic E-state index is 0.0471. The number of rotatable bonds is 7. The maximum Gasteiger partial charge on any atom is 0.239 e. The molecule has 0 unspecified atom stereocenters. The number of carbonyl (C=O) groups is 1. The van der Waals surface area contributed by atoms with Crippen LogP contribution in [0.2, 0.25) is 0 Å². The van der Waals surface area contributed by atoms with E-state index in [0.717, 1.165) is 25.3 Å². The van der Waals surface area contributed by atoms with Gasteiger partial charge in [0.05, 0.1) is 6.04 Å². The molecule has 0 spiro atoms. The summed E-state index contributed by atoms with van der Waals surface area (Å²) in [6.45, 7) is 1.61. The first-order valence-electron chi connectivity index (χ1n) is 5.13. The highest BCUT2D eigenvalue weighted by atomic mass is 32.2. The molecule has 0 saturated heterocycles. The number of amides is 1. The zero-order chi connectivity index (χ0) is 11.8. The quantitative estimate of drug-likeness (QED) is 0.677. The van der Waals surface area contributed by atoms with Gasteiger partial charge in [-0.05, 0) is 32.5 Å². The molecule has 15 heavy (non-hydrogen) atoms. The van der Waals surface area contributed by atoms with Crippen LogP contribution in [0.4, 0.5) is 0 Å². The average molecular weight is 233 g/mol. The standard InChI is InChI=1S/C10H23N3OS/c1-12(2)6-7-13(3)10(14)9(11)5-8-15-4/h9H,5-8,11H2,1-4H3/t9-/m1/s1. The number of hydrogen-bond acceptors (Lipinski definition) is 4. The van der Waals surface area contributed by atoms with E-state index < -0.39 is 0 Å². The van der Waals surface area contributed by atoms with Gasteiger partial charge < -0.3 is 15.5 Å². The molecule has 0 radical (unpaired) electrons. The van der Waals surface area contributed by atoms with Gasteiger partial charge in [0.2, 0.25) is 5.91 Å². The van der Waals surface area contributed by atoms with E-state index in [1.54, 1.807) is 16.7 Å². The Bertz CT molecular complexity index is 188. The third kappa shape index (κ3) is 6.76. The maximum absolute atomic E-state index is 11.7. The third-order valence-corrected chi connectivity index (χ3v) is 2.85. The molecule has 0 aromatic carbocycles. The summed E-state index contributed by atoms with van der Waals surface area (Å²) in [5, 5.41) is 0. The molecule has 1 amide bonds. The summed E-state index contributed by atoms with van der Waals surface area (Å²) >= 11 is 1.72. The smallest absolute Gasteiger partial charge is 0.239 e. The van der Waals surface area contributed by atoms with Crippen molar-refractivity contribution >= 4 is 17.7 Å². The van der Waals surface area contributed by atoms with Crippen LogP contribution in [0.1, 0.15) is 6.42 Å². The summed E-state index contributed by atoms with van der Waals surface area (Å²) in [6, 6.07) is -0.343. The molecule has 0 bridgehead atoms. The van der Waals surface area contributed by atoms with Crippen LogP contribution in [-0.4, -0.2) is 68.0 Å². The van der Waals surface area contributed by atoms with E-state index in [1.807, 2.05) is 27.4 Å². The van der Waals surface area contributed by atoms with E-state index >= 15 is 0 Å². The van der Waals surface area contributed by atoms with Crippen LogP contribution in [-0.2, 0) is 4.79 Å². The lowest BCUT2D eigenvalue weighted by atomic mass is 10.2. The van der Waals surface area contributed by atoms with E-state index in [2.05, 4.69) is 4.90 Å². The van der Waals surface area contributed by atoms with Gasteiger partial charge in [0.25, 0.3) is 0 Å². The molecule has 5 heteroatoms. The Hall–Kier alpha value is -0.260. The minimum atomic E-state index is -0.343. The molecule has 0 aliphatic carbocycles. The van der Waals surface area contributed by atoms with Crippen LogP contribution in [0, 0.1) is 0 Å². The van der Waals surface area contributed by atoms with Crippen molar-refractivity contribution < 1.29 is 4.79 Å². The Labute approximate surface area is 97.2 Å². The van der Waals surface area contributed by atoms with Crippen molar-refractivity contribution in [3.05, 3.63) is 0 Å². The van der Waals surface area contributed by atoms with Crippen LogP contribution < -0.4 is 5.73 Å². The Morgan fingerprint density at radius 1 is 1.33 bits per heavy atom. The fourth-order valence-corrected chi connectivity index (χ4v) is 1.60. The van der Waals surface area contributed by atoms with Gasteiger partial charge in [0.15, 0.2) is 0 Å². The normalized spacial score (nSPS) is 12.9. The van der Waals surface area contributed by atoms with Crippen molar-refractivity contribution in [2.45, 2.75) is 12.5 Å². The molecule has 1 atom stereocenters. The van der Waals surface area contributed by atoms with Gasteiger partial charge in [0, 0.05) is 20.1 Å². The second-order valence-electron chi connectivity index (χ2n) is 3.95. The Morgan fingerprint density at radius 2 is 1.93 bits per heavy atom. The second-order valence-corrected chi connectivity index (χ2v) is 4.94. The SMILES string of the molecule is CSCC[C@@H](N)C(=O)N(C)CCN(C)C. The predicted octanol–water partition coefficient (Wildman–Crippen LogP) is 0.0868. The van der Waals surface area contributed by atoms with Gasteiger partial charge in [0.1, 0.15) is 0 Å². The summed E-state index contributed by atoms with van der Waals surface area (Å²) in [7, 11) is 5.79. The molecular formula is C10H23N3OS. The maximum atomic E-state index is 11.7. The van der Waals surface area contributed by atoms with Crippen LogP contribution in [0.5, 0.6) is 0 Å². The molecule has 4 nitrogen and oxygen atoms in total. The summed E-state index contributed by atoms with van der Waals surface area (Å²) < 4.78 is 0. The molecule has 0 aliphatic rings. The predicted molar refractivity (Wildman–Crippen MR) is 67.2 cm³/mol. The van der Waals surface area contributed by atoms with E-state index in [1.165, 1.54) is 0 Å². The van der Waals surface area contributed by atoms with Crippen LogP contribution >= 0.6 is 11.8 Å². The highest BCUT2D eigenvalue weighted by Gasteiger charge is 2.16. The zero-order valence-electron chi connectivity index (χ0n) is 10.2. The topological polar surface area (TPSA) is 49.6 Å². The Balaban J connectivity index is 3.85. The third-order valence-electron chi connectivity index (χ3n) is 2.21. The van der Waals surface area contributed by atoms with Crippen LogP contribution in [0.15, 0.2) is 0 Å². The first kappa shape index (κ1) is 14.7. The number of thioether (sulfide) groups is 1. The fraction of sp³-hybridized carbons (Fsp3) is 0.900. The lowest BCUT2D eigenvalue weighted by Crippen LogP contribution is -2.44. The van der Waals surface area contributed by atoms with E-state index in [4.69, 9.17) is 5.73 Å². The highest BCUT2D eigenvalue weighted by molar-refractivity contribution is 7.98. The van der Waals surface area contributed by atoms with Gasteiger partial charge in [-0.3, -0.25) is 4.79 Å². The van der Waals surface area contributed by atoms with Crippen molar-refractivity contribution in [2.24, 2.45) is 5.73 Å². The first-order chi connectivity index (χ1) is 6.99. The molecule has 0 saturated carbocycles. The lowest BCUT2D eigenvalue weighted by molar-refractivity contribution is -0.131. The van der Waals surface area contributed by atoms with Gasteiger partial charge in [-0.25, -0.2) is 0 Å². The van der Waals surface area contributed by atoms with E-state index in [-0.39, 0.29) is 11.9 Å². The zero-order valence-corrected chi connectivity index (χ0v) is 11.0. The summed E-state index contributed by atoms with van der Waals surface area (Å²) in [5.41, 5.74) is 5.79. The molecule has 2 N–H and O–H groups in total. The van der Waals surface area contributed by atoms with Crippen molar-refractivity contribution in [2.75, 3.05) is 46.2 Å². The number of hydrogen-bond donors (Lipinski definition) is 1. The number of nitrogens with zero attached hydrogens (tertiary/aromatic N) is 2. The Kier molecular flexibility index (Phi) is 7.82. The highest BCUT2D eigenvalue weighted by Crippen LogP contribution is 2.01. The molecule has 0 heterocycles. The van der Waals surface area contributed by atoms with E-state index in [9.17, 15) is 4.79 Å².